The van der Waals surface area contributed by atoms with Gasteiger partial charge in [0, 0.05) is 12.1 Å². The monoisotopic (exact) mass is 571 g/mol. The maximum absolute atomic E-state index is 12.9. The summed E-state index contributed by atoms with van der Waals surface area (Å²) in [4.78, 5) is 37.6. The lowest BCUT2D eigenvalue weighted by Gasteiger charge is -2.11. The molecule has 0 radical (unpaired) electrons. The van der Waals surface area contributed by atoms with Crippen LogP contribution >= 0.6 is 23.1 Å². The van der Waals surface area contributed by atoms with Gasteiger partial charge >= 0.3 is 5.97 Å². The number of nitrogens with two attached hydrogens (primary N) is 1. The second kappa shape index (κ2) is 13.9. The van der Waals surface area contributed by atoms with E-state index in [0.717, 1.165) is 35.5 Å². The molecule has 0 aliphatic heterocycles. The standard InChI is InChI=1S/C27H33N5O5S2/c1-6-8-14-36-19-11-9-18(10-12-19)24-30-31-27(32(24)13-7-2)38-15-20(33)29-25-21(26(35)37-16(3)4)17(5)22(39-25)23(28)34/h7,9-12,16H,2,6,8,13-15H2,1,3-5H3,(H2,28,34)(H,29,33). The first-order valence-corrected chi connectivity index (χ1v) is 14.3. The zero-order chi connectivity index (χ0) is 28.5. The van der Waals surface area contributed by atoms with E-state index in [1.54, 1.807) is 26.8 Å². The molecular weight excluding hydrogens is 538 g/mol. The van der Waals surface area contributed by atoms with Crippen LogP contribution in [0.4, 0.5) is 5.00 Å². The van der Waals surface area contributed by atoms with E-state index in [0.29, 0.717) is 29.7 Å². The topological polar surface area (TPSA) is 138 Å². The minimum Gasteiger partial charge on any atom is -0.494 e. The fourth-order valence-corrected chi connectivity index (χ4v) is 5.40. The molecule has 3 aromatic rings. The number of carbonyl (C=O) groups excluding carboxylic acids is 3. The fourth-order valence-electron chi connectivity index (χ4n) is 3.59. The van der Waals surface area contributed by atoms with Gasteiger partial charge in [-0.1, -0.05) is 31.2 Å². The van der Waals surface area contributed by atoms with Crippen molar-refractivity contribution in [2.75, 3.05) is 17.7 Å². The molecule has 39 heavy (non-hydrogen) atoms. The number of hydrogen-bond donors (Lipinski definition) is 2. The van der Waals surface area contributed by atoms with Crippen LogP contribution in [0.1, 0.15) is 59.2 Å². The van der Waals surface area contributed by atoms with Crippen LogP contribution in [-0.2, 0) is 16.1 Å². The molecule has 0 aliphatic carbocycles. The quantitative estimate of drug-likeness (QED) is 0.118. The van der Waals surface area contributed by atoms with Gasteiger partial charge in [-0.3, -0.25) is 14.2 Å². The number of primary amides is 1. The zero-order valence-corrected chi connectivity index (χ0v) is 24.1. The van der Waals surface area contributed by atoms with Gasteiger partial charge in [0.15, 0.2) is 11.0 Å². The van der Waals surface area contributed by atoms with Gasteiger partial charge in [-0.15, -0.1) is 28.1 Å². The molecule has 0 spiro atoms. The highest BCUT2D eigenvalue weighted by Crippen LogP contribution is 2.34. The highest BCUT2D eigenvalue weighted by molar-refractivity contribution is 7.99. The third-order valence-electron chi connectivity index (χ3n) is 5.41. The lowest BCUT2D eigenvalue weighted by Crippen LogP contribution is -2.18. The number of thiophene rings is 1. The van der Waals surface area contributed by atoms with Crippen LogP contribution in [0.15, 0.2) is 42.1 Å². The van der Waals surface area contributed by atoms with Gasteiger partial charge in [0.25, 0.3) is 5.91 Å². The molecule has 2 aromatic heterocycles. The number of rotatable bonds is 14. The van der Waals surface area contributed by atoms with Crippen LogP contribution in [0.2, 0.25) is 0 Å². The van der Waals surface area contributed by atoms with Crippen LogP contribution < -0.4 is 15.8 Å². The molecule has 3 N–H and O–H groups in total. The van der Waals surface area contributed by atoms with E-state index in [1.165, 1.54) is 11.8 Å². The first-order chi connectivity index (χ1) is 18.7. The van der Waals surface area contributed by atoms with Crippen molar-refractivity contribution in [3.05, 3.63) is 52.9 Å². The molecule has 12 heteroatoms. The van der Waals surface area contributed by atoms with Gasteiger partial charge in [0.1, 0.15) is 10.8 Å². The summed E-state index contributed by atoms with van der Waals surface area (Å²) >= 11 is 2.14. The summed E-state index contributed by atoms with van der Waals surface area (Å²) < 4.78 is 12.9. The highest BCUT2D eigenvalue weighted by Gasteiger charge is 2.26. The van der Waals surface area contributed by atoms with Gasteiger partial charge in [0.05, 0.1) is 28.9 Å². The van der Waals surface area contributed by atoms with Crippen molar-refractivity contribution in [3.8, 4) is 17.1 Å². The summed E-state index contributed by atoms with van der Waals surface area (Å²) in [6, 6.07) is 7.62. The number of carbonyl (C=O) groups is 3. The minimum absolute atomic E-state index is 0.0129. The third kappa shape index (κ3) is 7.70. The molecule has 0 aliphatic rings. The number of amides is 2. The Morgan fingerprint density at radius 3 is 2.56 bits per heavy atom. The van der Waals surface area contributed by atoms with Crippen molar-refractivity contribution >= 4 is 45.9 Å². The Kier molecular flexibility index (Phi) is 10.7. The first kappa shape index (κ1) is 29.9. The predicted molar refractivity (Wildman–Crippen MR) is 154 cm³/mol. The van der Waals surface area contributed by atoms with Crippen LogP contribution in [0, 0.1) is 6.92 Å². The Morgan fingerprint density at radius 1 is 1.23 bits per heavy atom. The summed E-state index contributed by atoms with van der Waals surface area (Å²) in [6.45, 7) is 12.1. The van der Waals surface area contributed by atoms with Crippen molar-refractivity contribution in [1.29, 1.82) is 0 Å². The van der Waals surface area contributed by atoms with Crippen molar-refractivity contribution < 1.29 is 23.9 Å². The molecule has 0 unspecified atom stereocenters. The van der Waals surface area contributed by atoms with Gasteiger partial charge in [0.2, 0.25) is 5.91 Å². The Bertz CT molecular complexity index is 1330. The van der Waals surface area contributed by atoms with Gasteiger partial charge < -0.3 is 20.5 Å². The number of benzene rings is 1. The molecule has 0 atom stereocenters. The number of unbranched alkanes of at least 4 members (excludes halogenated alkanes) is 1. The maximum Gasteiger partial charge on any atom is 0.341 e. The predicted octanol–water partition coefficient (Wildman–Crippen LogP) is 5.07. The van der Waals surface area contributed by atoms with Crippen molar-refractivity contribution in [3.63, 3.8) is 0 Å². The summed E-state index contributed by atoms with van der Waals surface area (Å²) in [5.41, 5.74) is 6.81. The van der Waals surface area contributed by atoms with E-state index in [9.17, 15) is 14.4 Å². The molecule has 0 fully saturated rings. The molecule has 208 valence electrons. The molecule has 0 saturated heterocycles. The summed E-state index contributed by atoms with van der Waals surface area (Å²) in [7, 11) is 0. The molecule has 0 bridgehead atoms. The van der Waals surface area contributed by atoms with E-state index in [1.807, 2.05) is 28.8 Å². The van der Waals surface area contributed by atoms with Crippen LogP contribution in [-0.4, -0.2) is 51.0 Å². The van der Waals surface area contributed by atoms with E-state index >= 15 is 0 Å². The number of anilines is 1. The number of hydrogen-bond acceptors (Lipinski definition) is 9. The Balaban J connectivity index is 1.75. The summed E-state index contributed by atoms with van der Waals surface area (Å²) in [5, 5.41) is 12.1. The SMILES string of the molecule is C=CCn1c(SCC(=O)Nc2sc(C(N)=O)c(C)c2C(=O)OC(C)C)nnc1-c1ccc(OCCCC)cc1. The molecular formula is C27H33N5O5S2. The zero-order valence-electron chi connectivity index (χ0n) is 22.5. The van der Waals surface area contributed by atoms with E-state index in [4.69, 9.17) is 15.2 Å². The van der Waals surface area contributed by atoms with Crippen LogP contribution in [0.3, 0.4) is 0 Å². The summed E-state index contributed by atoms with van der Waals surface area (Å²) in [5.74, 6) is -0.298. The van der Waals surface area contributed by atoms with Crippen LogP contribution in [0.25, 0.3) is 11.4 Å². The van der Waals surface area contributed by atoms with E-state index in [2.05, 4.69) is 29.0 Å². The Hall–Kier alpha value is -3.64. The molecule has 0 saturated carbocycles. The second-order valence-electron chi connectivity index (χ2n) is 8.85. The van der Waals surface area contributed by atoms with Gasteiger partial charge in [-0.25, -0.2) is 4.79 Å². The van der Waals surface area contributed by atoms with Gasteiger partial charge in [-0.2, -0.15) is 0 Å². The molecule has 2 amide bonds. The average molecular weight is 572 g/mol. The highest BCUT2D eigenvalue weighted by atomic mass is 32.2. The number of nitrogens with zero attached hydrogens (tertiary/aromatic N) is 3. The third-order valence-corrected chi connectivity index (χ3v) is 7.60. The van der Waals surface area contributed by atoms with Crippen molar-refractivity contribution in [1.82, 2.24) is 14.8 Å². The number of allylic oxidation sites excluding steroid dienone is 1. The largest absolute Gasteiger partial charge is 0.494 e. The molecule has 10 nitrogen and oxygen atoms in total. The number of ether oxygens (including phenoxy) is 2. The lowest BCUT2D eigenvalue weighted by molar-refractivity contribution is -0.113. The van der Waals surface area contributed by atoms with Crippen molar-refractivity contribution in [2.24, 2.45) is 5.73 Å². The number of esters is 1. The van der Waals surface area contributed by atoms with Crippen molar-refractivity contribution in [2.45, 2.75) is 58.3 Å². The smallest absolute Gasteiger partial charge is 0.341 e. The summed E-state index contributed by atoms with van der Waals surface area (Å²) in [6.07, 6.45) is 3.41. The second-order valence-corrected chi connectivity index (χ2v) is 10.8. The van der Waals surface area contributed by atoms with Gasteiger partial charge in [-0.05, 0) is 57.0 Å². The molecule has 1 aromatic carbocycles. The van der Waals surface area contributed by atoms with E-state index < -0.39 is 11.9 Å². The van der Waals surface area contributed by atoms with E-state index in [-0.39, 0.29) is 33.2 Å². The fraction of sp³-hybridized carbons (Fsp3) is 0.370. The number of nitrogens with one attached hydrogen (secondary N) is 1. The van der Waals surface area contributed by atoms with Crippen LogP contribution in [0.5, 0.6) is 5.75 Å². The molecule has 2 heterocycles. The normalized spacial score (nSPS) is 10.9. The Morgan fingerprint density at radius 2 is 1.95 bits per heavy atom. The number of aromatic nitrogens is 3. The average Bonchev–Trinajstić information content (AvgIpc) is 3.43. The lowest BCUT2D eigenvalue weighted by atomic mass is 10.1. The maximum atomic E-state index is 12.9. The Labute approximate surface area is 236 Å². The minimum atomic E-state index is -0.684. The first-order valence-electron chi connectivity index (χ1n) is 12.5. The number of thioether (sulfide) groups is 1. The molecule has 3 rings (SSSR count).